The Labute approximate surface area is 245 Å². The second-order valence-electron chi connectivity index (χ2n) is 14.8. The molecule has 6 rings (SSSR count). The molecule has 0 aromatic heterocycles. The fourth-order valence-electron chi connectivity index (χ4n) is 8.64. The highest BCUT2D eigenvalue weighted by atomic mass is 16.5. The van der Waals surface area contributed by atoms with E-state index in [1.807, 2.05) is 18.7 Å². The number of carbonyl (C=O) groups excluding carboxylic acids is 3. The molecule has 2 bridgehead atoms. The molecule has 5 aliphatic rings. The number of hydrogen-bond acceptors (Lipinski definition) is 5. The van der Waals surface area contributed by atoms with Gasteiger partial charge in [-0.05, 0) is 62.8 Å². The monoisotopic (exact) mass is 564 g/mol. The van der Waals surface area contributed by atoms with Gasteiger partial charge in [0.25, 0.3) is 5.91 Å². The number of nitrogens with zero attached hydrogens (tertiary/aromatic N) is 4. The lowest BCUT2D eigenvalue weighted by Gasteiger charge is -2.48. The summed E-state index contributed by atoms with van der Waals surface area (Å²) >= 11 is 0. The van der Waals surface area contributed by atoms with Gasteiger partial charge in [0.15, 0.2) is 0 Å². The van der Waals surface area contributed by atoms with Gasteiger partial charge in [-0.25, -0.2) is 4.79 Å². The SMILES string of the molecule is CC(C)N1C(=O)N(C2CCOC2)C(=O)C12CC1CCC(C2)N1C[C@H]1CN(C(=O)CC(C)(C)C)C[C@@H]1c1ccccc1. The van der Waals surface area contributed by atoms with Crippen molar-refractivity contribution in [2.75, 3.05) is 32.8 Å². The van der Waals surface area contributed by atoms with Crippen molar-refractivity contribution in [2.45, 2.75) is 109 Å². The summed E-state index contributed by atoms with van der Waals surface area (Å²) in [7, 11) is 0. The summed E-state index contributed by atoms with van der Waals surface area (Å²) in [6.07, 6.45) is 4.80. The van der Waals surface area contributed by atoms with Crippen molar-refractivity contribution in [3.8, 4) is 0 Å². The Kier molecular flexibility index (Phi) is 7.46. The summed E-state index contributed by atoms with van der Waals surface area (Å²) in [5.74, 6) is 0.896. The highest BCUT2D eigenvalue weighted by Gasteiger charge is 2.64. The van der Waals surface area contributed by atoms with Crippen LogP contribution in [0.1, 0.15) is 84.6 Å². The van der Waals surface area contributed by atoms with Crippen LogP contribution < -0.4 is 0 Å². The average molecular weight is 565 g/mol. The van der Waals surface area contributed by atoms with Gasteiger partial charge in [-0.2, -0.15) is 0 Å². The predicted octanol–water partition coefficient (Wildman–Crippen LogP) is 4.49. The number of hydrogen-bond donors (Lipinski definition) is 0. The minimum atomic E-state index is -0.751. The number of rotatable bonds is 6. The van der Waals surface area contributed by atoms with Crippen LogP contribution in [0.3, 0.4) is 0 Å². The van der Waals surface area contributed by atoms with E-state index in [0.717, 1.165) is 38.9 Å². The van der Waals surface area contributed by atoms with Crippen LogP contribution >= 0.6 is 0 Å². The first-order chi connectivity index (χ1) is 19.5. The van der Waals surface area contributed by atoms with Crippen molar-refractivity contribution in [3.05, 3.63) is 35.9 Å². The zero-order chi connectivity index (χ0) is 29.1. The fourth-order valence-corrected chi connectivity index (χ4v) is 8.64. The summed E-state index contributed by atoms with van der Waals surface area (Å²) < 4.78 is 5.58. The van der Waals surface area contributed by atoms with Gasteiger partial charge >= 0.3 is 6.03 Å². The molecule has 5 fully saturated rings. The molecule has 5 heterocycles. The van der Waals surface area contributed by atoms with E-state index in [0.29, 0.717) is 44.3 Å². The van der Waals surface area contributed by atoms with Gasteiger partial charge in [-0.15, -0.1) is 0 Å². The smallest absolute Gasteiger partial charge is 0.328 e. The largest absolute Gasteiger partial charge is 0.379 e. The number of ether oxygens (including phenoxy) is 1. The molecule has 224 valence electrons. The number of imide groups is 1. The number of amides is 4. The lowest BCUT2D eigenvalue weighted by atomic mass is 9.79. The molecular formula is C33H48N4O4. The van der Waals surface area contributed by atoms with Gasteiger partial charge in [-0.3, -0.25) is 19.4 Å². The molecule has 3 unspecified atom stereocenters. The molecule has 1 aromatic rings. The van der Waals surface area contributed by atoms with E-state index in [1.165, 1.54) is 5.56 Å². The van der Waals surface area contributed by atoms with Gasteiger partial charge in [0, 0.05) is 56.7 Å². The van der Waals surface area contributed by atoms with Crippen LogP contribution in [0.15, 0.2) is 30.3 Å². The number of likely N-dealkylation sites (tertiary alicyclic amines) is 1. The maximum Gasteiger partial charge on any atom is 0.328 e. The molecular weight excluding hydrogens is 516 g/mol. The third-order valence-corrected chi connectivity index (χ3v) is 10.3. The maximum absolute atomic E-state index is 14.2. The quantitative estimate of drug-likeness (QED) is 0.476. The molecule has 8 nitrogen and oxygen atoms in total. The van der Waals surface area contributed by atoms with E-state index in [9.17, 15) is 14.4 Å². The van der Waals surface area contributed by atoms with Crippen molar-refractivity contribution in [1.29, 1.82) is 0 Å². The summed E-state index contributed by atoms with van der Waals surface area (Å²) in [4.78, 5) is 49.5. The minimum Gasteiger partial charge on any atom is -0.379 e. The van der Waals surface area contributed by atoms with Crippen molar-refractivity contribution in [3.63, 3.8) is 0 Å². The first kappa shape index (κ1) is 28.7. The van der Waals surface area contributed by atoms with Crippen LogP contribution in [0.4, 0.5) is 4.79 Å². The van der Waals surface area contributed by atoms with Gasteiger partial charge in [0.2, 0.25) is 5.91 Å². The zero-order valence-corrected chi connectivity index (χ0v) is 25.6. The maximum atomic E-state index is 14.2. The van der Waals surface area contributed by atoms with Crippen LogP contribution in [0.25, 0.3) is 0 Å². The van der Waals surface area contributed by atoms with Crippen molar-refractivity contribution in [2.24, 2.45) is 11.3 Å². The number of carbonyl (C=O) groups is 3. The molecule has 5 atom stereocenters. The van der Waals surface area contributed by atoms with E-state index < -0.39 is 5.54 Å². The van der Waals surface area contributed by atoms with Gasteiger partial charge in [0.1, 0.15) is 5.54 Å². The molecule has 0 radical (unpaired) electrons. The van der Waals surface area contributed by atoms with E-state index in [4.69, 9.17) is 4.74 Å². The Morgan fingerprint density at radius 3 is 2.27 bits per heavy atom. The van der Waals surface area contributed by atoms with Gasteiger partial charge in [0.05, 0.1) is 12.6 Å². The van der Waals surface area contributed by atoms with Crippen LogP contribution in [0, 0.1) is 11.3 Å². The van der Waals surface area contributed by atoms with Crippen LogP contribution in [-0.2, 0) is 14.3 Å². The van der Waals surface area contributed by atoms with Crippen molar-refractivity contribution < 1.29 is 19.1 Å². The molecule has 8 heteroatoms. The number of fused-ring (bicyclic) bond motifs is 2. The topological polar surface area (TPSA) is 73.4 Å². The molecule has 5 saturated heterocycles. The second kappa shape index (κ2) is 10.7. The van der Waals surface area contributed by atoms with Gasteiger partial charge in [-0.1, -0.05) is 51.1 Å². The molecule has 1 spiro atoms. The summed E-state index contributed by atoms with van der Waals surface area (Å²) in [6.45, 7) is 14.0. The van der Waals surface area contributed by atoms with Gasteiger partial charge < -0.3 is 14.5 Å². The van der Waals surface area contributed by atoms with Crippen LogP contribution in [0.2, 0.25) is 0 Å². The Bertz CT molecular complexity index is 1140. The Balaban J connectivity index is 1.23. The Hall–Kier alpha value is -2.45. The molecule has 4 amide bonds. The second-order valence-corrected chi connectivity index (χ2v) is 14.8. The van der Waals surface area contributed by atoms with Crippen LogP contribution in [-0.4, -0.2) is 100.0 Å². The standard InChI is InChI=1S/C33H48N4O4/c1-22(2)37-31(40)36(27-13-14-41-21-27)30(39)33(37)15-25-11-12-26(16-33)35(25)19-24-18-34(29(38)17-32(3,4)5)20-28(24)23-9-7-6-8-10-23/h6-10,22,24-28H,11-21H2,1-5H3/t24-,25?,26?,27?,28-,33?/m1/s1. The Morgan fingerprint density at radius 2 is 1.68 bits per heavy atom. The first-order valence-corrected chi connectivity index (χ1v) is 15.8. The molecule has 0 saturated carbocycles. The summed E-state index contributed by atoms with van der Waals surface area (Å²) in [5.41, 5.74) is 0.518. The Morgan fingerprint density at radius 1 is 1.00 bits per heavy atom. The number of benzene rings is 1. The van der Waals surface area contributed by atoms with Crippen molar-refractivity contribution >= 4 is 17.8 Å². The summed E-state index contributed by atoms with van der Waals surface area (Å²) in [5, 5.41) is 0. The molecule has 1 aromatic carbocycles. The van der Waals surface area contributed by atoms with E-state index in [1.54, 1.807) is 4.90 Å². The highest BCUT2D eigenvalue weighted by Crippen LogP contribution is 2.50. The minimum absolute atomic E-state index is 0.00484. The molecule has 0 aliphatic carbocycles. The number of urea groups is 1. The lowest BCUT2D eigenvalue weighted by Crippen LogP contribution is -2.62. The average Bonchev–Trinajstić information content (AvgIpc) is 3.66. The highest BCUT2D eigenvalue weighted by molar-refractivity contribution is 6.07. The first-order valence-electron chi connectivity index (χ1n) is 15.8. The van der Waals surface area contributed by atoms with Crippen LogP contribution in [0.5, 0.6) is 0 Å². The third kappa shape index (κ3) is 5.09. The van der Waals surface area contributed by atoms with E-state index in [2.05, 4.69) is 60.9 Å². The molecule has 5 aliphatic heterocycles. The molecule has 0 N–H and O–H groups in total. The third-order valence-electron chi connectivity index (χ3n) is 10.3. The number of piperidine rings is 1. The fraction of sp³-hybridized carbons (Fsp3) is 0.727. The predicted molar refractivity (Wildman–Crippen MR) is 157 cm³/mol. The zero-order valence-electron chi connectivity index (χ0n) is 25.6. The normalized spacial score (nSPS) is 34.2. The summed E-state index contributed by atoms with van der Waals surface area (Å²) in [6, 6.07) is 10.9. The lowest BCUT2D eigenvalue weighted by molar-refractivity contribution is -0.139. The van der Waals surface area contributed by atoms with E-state index >= 15 is 0 Å². The van der Waals surface area contributed by atoms with Crippen molar-refractivity contribution in [1.82, 2.24) is 19.6 Å². The van der Waals surface area contributed by atoms with E-state index in [-0.39, 0.29) is 47.4 Å². The molecule has 41 heavy (non-hydrogen) atoms.